The number of hydrogen-bond donors (Lipinski definition) is 2. The van der Waals surface area contributed by atoms with Crippen LogP contribution in [0, 0.1) is 0 Å². The molecule has 154 valence electrons. The SMILES string of the molecule is CN(C)C(=O)Sc1ccccc1NC(=O)CCNC(=O)c1ccc2ccccc2c1. The van der Waals surface area contributed by atoms with Crippen molar-refractivity contribution < 1.29 is 14.4 Å². The predicted molar refractivity (Wildman–Crippen MR) is 121 cm³/mol. The monoisotopic (exact) mass is 421 g/mol. The second-order valence-corrected chi connectivity index (χ2v) is 7.87. The summed E-state index contributed by atoms with van der Waals surface area (Å²) in [5.74, 6) is -0.458. The fourth-order valence-electron chi connectivity index (χ4n) is 2.78. The zero-order valence-corrected chi connectivity index (χ0v) is 17.7. The van der Waals surface area contributed by atoms with E-state index in [2.05, 4.69) is 10.6 Å². The van der Waals surface area contributed by atoms with Crippen LogP contribution < -0.4 is 10.6 Å². The van der Waals surface area contributed by atoms with Gasteiger partial charge in [0.25, 0.3) is 11.1 Å². The van der Waals surface area contributed by atoms with Crippen LogP contribution in [0.25, 0.3) is 10.8 Å². The molecule has 0 aliphatic rings. The molecule has 2 N–H and O–H groups in total. The molecule has 30 heavy (non-hydrogen) atoms. The van der Waals surface area contributed by atoms with Gasteiger partial charge >= 0.3 is 0 Å². The van der Waals surface area contributed by atoms with Crippen molar-refractivity contribution in [3.8, 4) is 0 Å². The van der Waals surface area contributed by atoms with Crippen LogP contribution in [0.3, 0.4) is 0 Å². The Hall–Kier alpha value is -3.32. The molecule has 0 aliphatic carbocycles. The molecule has 0 radical (unpaired) electrons. The Kier molecular flexibility index (Phi) is 7.08. The first-order valence-electron chi connectivity index (χ1n) is 9.49. The summed E-state index contributed by atoms with van der Waals surface area (Å²) in [6.45, 7) is 0.212. The second kappa shape index (κ2) is 9.93. The fraction of sp³-hybridized carbons (Fsp3) is 0.174. The van der Waals surface area contributed by atoms with Crippen molar-refractivity contribution in [3.63, 3.8) is 0 Å². The number of carbonyl (C=O) groups is 3. The van der Waals surface area contributed by atoms with Crippen molar-refractivity contribution in [2.45, 2.75) is 11.3 Å². The van der Waals surface area contributed by atoms with Gasteiger partial charge in [-0.25, -0.2) is 0 Å². The number of hydrogen-bond acceptors (Lipinski definition) is 4. The van der Waals surface area contributed by atoms with Crippen LogP contribution in [0.2, 0.25) is 0 Å². The minimum Gasteiger partial charge on any atom is -0.352 e. The van der Waals surface area contributed by atoms with Gasteiger partial charge in [0.1, 0.15) is 0 Å². The highest BCUT2D eigenvalue weighted by Crippen LogP contribution is 2.28. The Labute approximate surface area is 179 Å². The molecule has 0 unspecified atom stereocenters. The molecule has 0 aromatic heterocycles. The Morgan fingerprint density at radius 3 is 2.37 bits per heavy atom. The van der Waals surface area contributed by atoms with Gasteiger partial charge in [0, 0.05) is 37.5 Å². The number of nitrogens with one attached hydrogen (secondary N) is 2. The van der Waals surface area contributed by atoms with Crippen LogP contribution in [0.4, 0.5) is 10.5 Å². The van der Waals surface area contributed by atoms with E-state index in [-0.39, 0.29) is 30.0 Å². The van der Waals surface area contributed by atoms with Gasteiger partial charge in [-0.15, -0.1) is 0 Å². The second-order valence-electron chi connectivity index (χ2n) is 6.87. The molecular weight excluding hydrogens is 398 g/mol. The summed E-state index contributed by atoms with van der Waals surface area (Å²) >= 11 is 1.05. The third-order valence-electron chi connectivity index (χ3n) is 4.37. The molecule has 0 fully saturated rings. The van der Waals surface area contributed by atoms with E-state index in [1.165, 1.54) is 4.90 Å². The number of para-hydroxylation sites is 1. The lowest BCUT2D eigenvalue weighted by molar-refractivity contribution is -0.116. The third kappa shape index (κ3) is 5.61. The molecule has 7 heteroatoms. The maximum absolute atomic E-state index is 12.4. The summed E-state index contributed by atoms with van der Waals surface area (Å²) in [4.78, 5) is 38.8. The van der Waals surface area contributed by atoms with Gasteiger partial charge in [-0.2, -0.15) is 0 Å². The van der Waals surface area contributed by atoms with Gasteiger partial charge in [-0.3, -0.25) is 14.4 Å². The summed E-state index contributed by atoms with van der Waals surface area (Å²) in [7, 11) is 3.35. The number of amides is 3. The third-order valence-corrected chi connectivity index (χ3v) is 5.49. The smallest absolute Gasteiger partial charge is 0.286 e. The van der Waals surface area contributed by atoms with Crippen LogP contribution in [-0.4, -0.2) is 42.6 Å². The van der Waals surface area contributed by atoms with Crippen LogP contribution in [0.5, 0.6) is 0 Å². The largest absolute Gasteiger partial charge is 0.352 e. The van der Waals surface area contributed by atoms with Crippen molar-refractivity contribution in [1.29, 1.82) is 0 Å². The summed E-state index contributed by atoms with van der Waals surface area (Å²) in [6, 6.07) is 20.5. The lowest BCUT2D eigenvalue weighted by Crippen LogP contribution is -2.27. The number of anilines is 1. The predicted octanol–water partition coefficient (Wildman–Crippen LogP) is 4.37. The molecule has 0 bridgehead atoms. The fourth-order valence-corrected chi connectivity index (χ4v) is 3.53. The number of carbonyl (C=O) groups excluding carboxylic acids is 3. The number of rotatable bonds is 6. The van der Waals surface area contributed by atoms with Crippen LogP contribution in [0.1, 0.15) is 16.8 Å². The zero-order valence-electron chi connectivity index (χ0n) is 16.8. The van der Waals surface area contributed by atoms with E-state index in [4.69, 9.17) is 0 Å². The topological polar surface area (TPSA) is 78.5 Å². The van der Waals surface area contributed by atoms with E-state index in [1.807, 2.05) is 42.5 Å². The van der Waals surface area contributed by atoms with Gasteiger partial charge in [0.05, 0.1) is 5.69 Å². The lowest BCUT2D eigenvalue weighted by atomic mass is 10.1. The zero-order chi connectivity index (χ0) is 21.5. The van der Waals surface area contributed by atoms with E-state index < -0.39 is 0 Å². The first-order valence-corrected chi connectivity index (χ1v) is 10.3. The maximum atomic E-state index is 12.4. The number of thioether (sulfide) groups is 1. The molecule has 0 heterocycles. The Bertz CT molecular complexity index is 1080. The molecule has 0 spiro atoms. The van der Waals surface area contributed by atoms with Crippen molar-refractivity contribution in [2.24, 2.45) is 0 Å². The van der Waals surface area contributed by atoms with Crippen molar-refractivity contribution in [1.82, 2.24) is 10.2 Å². The summed E-state index contributed by atoms with van der Waals surface area (Å²) < 4.78 is 0. The molecule has 6 nitrogen and oxygen atoms in total. The summed E-state index contributed by atoms with van der Waals surface area (Å²) in [5.41, 5.74) is 1.13. The van der Waals surface area contributed by atoms with Gasteiger partial charge in [-0.05, 0) is 46.8 Å². The van der Waals surface area contributed by atoms with Crippen LogP contribution >= 0.6 is 11.8 Å². The Morgan fingerprint density at radius 1 is 0.900 bits per heavy atom. The quantitative estimate of drug-likeness (QED) is 0.579. The highest BCUT2D eigenvalue weighted by molar-refractivity contribution is 8.13. The van der Waals surface area contributed by atoms with Crippen molar-refractivity contribution in [3.05, 3.63) is 72.3 Å². The molecule has 0 atom stereocenters. The first-order chi connectivity index (χ1) is 14.4. The normalized spacial score (nSPS) is 10.5. The molecule has 3 rings (SSSR count). The van der Waals surface area contributed by atoms with Gasteiger partial charge in [-0.1, -0.05) is 42.5 Å². The van der Waals surface area contributed by atoms with Gasteiger partial charge in [0.15, 0.2) is 0 Å². The van der Waals surface area contributed by atoms with E-state index >= 15 is 0 Å². The Balaban J connectivity index is 1.53. The van der Waals surface area contributed by atoms with Crippen LogP contribution in [0.15, 0.2) is 71.6 Å². The maximum Gasteiger partial charge on any atom is 0.286 e. The molecule has 3 aromatic rings. The summed E-state index contributed by atoms with van der Waals surface area (Å²) in [6.07, 6.45) is 0.125. The van der Waals surface area contributed by atoms with E-state index in [0.29, 0.717) is 16.1 Å². The standard InChI is InChI=1S/C23H23N3O3S/c1-26(2)23(29)30-20-10-6-5-9-19(20)25-21(27)13-14-24-22(28)18-12-11-16-7-3-4-8-17(16)15-18/h3-12,15H,13-14H2,1-2H3,(H,24,28)(H,25,27). The van der Waals surface area contributed by atoms with Crippen LogP contribution in [-0.2, 0) is 4.79 Å². The van der Waals surface area contributed by atoms with E-state index in [1.54, 1.807) is 38.4 Å². The molecule has 0 aliphatic heterocycles. The van der Waals surface area contributed by atoms with E-state index in [0.717, 1.165) is 22.5 Å². The lowest BCUT2D eigenvalue weighted by Gasteiger charge is -2.13. The highest BCUT2D eigenvalue weighted by Gasteiger charge is 2.13. The molecule has 0 saturated heterocycles. The van der Waals surface area contributed by atoms with Crippen molar-refractivity contribution in [2.75, 3.05) is 26.0 Å². The molecule has 3 aromatic carbocycles. The number of benzene rings is 3. The first kappa shape index (κ1) is 21.4. The number of fused-ring (bicyclic) bond motifs is 1. The number of nitrogens with zero attached hydrogens (tertiary/aromatic N) is 1. The average Bonchev–Trinajstić information content (AvgIpc) is 2.74. The minimum absolute atomic E-state index is 0.125. The highest BCUT2D eigenvalue weighted by atomic mass is 32.2. The molecule has 3 amide bonds. The van der Waals surface area contributed by atoms with Gasteiger partial charge < -0.3 is 15.5 Å². The van der Waals surface area contributed by atoms with Gasteiger partial charge in [0.2, 0.25) is 5.91 Å². The molecular formula is C23H23N3O3S. The van der Waals surface area contributed by atoms with E-state index in [9.17, 15) is 14.4 Å². The summed E-state index contributed by atoms with van der Waals surface area (Å²) in [5, 5.41) is 7.52. The minimum atomic E-state index is -0.237. The Morgan fingerprint density at radius 2 is 1.60 bits per heavy atom. The van der Waals surface area contributed by atoms with Crippen molar-refractivity contribution >= 4 is 45.3 Å². The average molecular weight is 422 g/mol. The molecule has 0 saturated carbocycles.